The molecule has 3 radical (unpaired) electrons. The predicted octanol–water partition coefficient (Wildman–Crippen LogP) is 11.2. The number of nitrogens with zero attached hydrogens (tertiary/aromatic N) is 11. The number of urea groups is 1. The molecule has 8 aromatic carbocycles. The van der Waals surface area contributed by atoms with Gasteiger partial charge < -0.3 is 84.1 Å². The average Bonchev–Trinajstić information content (AvgIpc) is 1.61. The number of Topliss-reactive ketones (excluding diaryl/α,β-unsaturated/α-hetero) is 1. The predicted molar refractivity (Wildman–Crippen MR) is 534 cm³/mol. The van der Waals surface area contributed by atoms with Gasteiger partial charge in [-0.1, -0.05) is 59.6 Å². The number of anilines is 8. The first kappa shape index (κ1) is 109. The zero-order chi connectivity index (χ0) is 101. The summed E-state index contributed by atoms with van der Waals surface area (Å²) in [5.74, 6) is 0.249. The summed E-state index contributed by atoms with van der Waals surface area (Å²) in [6, 6.07) is 48.0. The second-order valence-electron chi connectivity index (χ2n) is 34.1. The number of ketones is 3. The number of methoxy groups -OCH3 is 2. The molecule has 0 spiro atoms. The number of para-hydroxylation sites is 2. The number of nitrogens with one attached hydrogen (secondary N) is 6. The van der Waals surface area contributed by atoms with E-state index in [-0.39, 0.29) is 139 Å². The number of hydrogen-bond acceptors (Lipinski definition) is 29. The molecule has 6 aliphatic rings. The minimum atomic E-state index is -1.08. The van der Waals surface area contributed by atoms with E-state index in [2.05, 4.69) is 70.7 Å². The molecule has 6 aliphatic heterocycles. The number of carbonyl (C=O) groups is 12. The molecule has 747 valence electrons. The number of aliphatic carboxylic acids is 1. The number of H-pyrrole nitrogens is 2. The third-order valence-corrected chi connectivity index (χ3v) is 25.1. The second-order valence-corrected chi connectivity index (χ2v) is 34.9. The first-order chi connectivity index (χ1) is 69.1. The van der Waals surface area contributed by atoms with Gasteiger partial charge in [0.15, 0.2) is 11.6 Å². The van der Waals surface area contributed by atoms with Gasteiger partial charge in [0.1, 0.15) is 93.8 Å². The zero-order valence-electron chi connectivity index (χ0n) is 80.4. The molecule has 6 N–H and O–H groups in total. The van der Waals surface area contributed by atoms with Crippen LogP contribution in [0.25, 0.3) is 22.1 Å². The van der Waals surface area contributed by atoms with Crippen LogP contribution in [0, 0.1) is 23.5 Å². The van der Waals surface area contributed by atoms with E-state index in [4.69, 9.17) is 52.1 Å². The van der Waals surface area contributed by atoms with Crippen LogP contribution in [0.1, 0.15) is 131 Å². The number of rotatable bonds is 25. The smallest absolute Gasteiger partial charge is 0.550 e. The van der Waals surface area contributed by atoms with E-state index in [0.29, 0.717) is 188 Å². The van der Waals surface area contributed by atoms with Crippen molar-refractivity contribution in [3.63, 3.8) is 0 Å². The molecule has 0 unspecified atom stereocenters. The number of aromatic amines is 2. The normalized spacial score (nSPS) is 14.9. The number of carbonyl (C=O) groups excluding carboxylic acids is 12. The molecule has 36 nitrogen and oxygen atoms in total. The average molecular weight is 2030 g/mol. The van der Waals surface area contributed by atoms with Gasteiger partial charge in [-0.15, -0.1) is 0 Å². The molecule has 6 saturated heterocycles. The fourth-order valence-electron chi connectivity index (χ4n) is 17.2. The third kappa shape index (κ3) is 28.7. The molecule has 0 aliphatic carbocycles. The minimum absolute atomic E-state index is 0. The monoisotopic (exact) mass is 2020 g/mol. The van der Waals surface area contributed by atoms with E-state index in [0.717, 1.165) is 105 Å². The number of carboxylic acid groups (broad SMARTS) is 1. The summed E-state index contributed by atoms with van der Waals surface area (Å²) in [5, 5.41) is 22.1. The van der Waals surface area contributed by atoms with E-state index in [1.54, 1.807) is 108 Å². The minimum Gasteiger partial charge on any atom is -0.550 e. The summed E-state index contributed by atoms with van der Waals surface area (Å²) in [6.07, 6.45) is 12.4. The molecule has 0 bridgehead atoms. The van der Waals surface area contributed by atoms with Crippen LogP contribution in [0.15, 0.2) is 195 Å². The van der Waals surface area contributed by atoms with Crippen LogP contribution in [0.4, 0.5) is 59.3 Å². The molecular weight excluding hydrogens is 1920 g/mol. The summed E-state index contributed by atoms with van der Waals surface area (Å²) in [7, 11) is 3.03. The topological polar surface area (TPSA) is 437 Å². The van der Waals surface area contributed by atoms with Crippen LogP contribution in [-0.2, 0) is 43.3 Å². The fraction of sp³-hybridized carbons (Fsp3) is 0.301. The summed E-state index contributed by atoms with van der Waals surface area (Å²) < 4.78 is 53.6. The summed E-state index contributed by atoms with van der Waals surface area (Å²) in [4.78, 5) is 185. The van der Waals surface area contributed by atoms with Crippen molar-refractivity contribution in [1.29, 1.82) is 0 Å². The van der Waals surface area contributed by atoms with Gasteiger partial charge in [-0.05, 0) is 179 Å². The number of hydrogen-bond donors (Lipinski definition) is 6. The van der Waals surface area contributed by atoms with Crippen molar-refractivity contribution in [2.24, 2.45) is 11.8 Å². The third-order valence-electron chi connectivity index (χ3n) is 24.5. The Hall–Kier alpha value is -14.7. The first-order valence-corrected chi connectivity index (χ1v) is 47.0. The Morgan fingerprint density at radius 1 is 0.503 bits per heavy atom. The molecule has 0 atom stereocenters. The van der Waals surface area contributed by atoms with Crippen molar-refractivity contribution in [1.82, 2.24) is 55.2 Å². The number of imide groups is 1. The second kappa shape index (κ2) is 52.0. The van der Waals surface area contributed by atoms with Crippen molar-refractivity contribution in [2.45, 2.75) is 78.6 Å². The molecule has 12 aromatic rings. The van der Waals surface area contributed by atoms with Crippen LogP contribution >= 0.6 is 23.2 Å². The van der Waals surface area contributed by atoms with Crippen LogP contribution in [0.5, 0.6) is 34.5 Å². The van der Waals surface area contributed by atoms with Crippen molar-refractivity contribution in [3.05, 3.63) is 250 Å². The number of carboxylic acids is 1. The van der Waals surface area contributed by atoms with Crippen LogP contribution < -0.4 is 94.5 Å². The van der Waals surface area contributed by atoms with Gasteiger partial charge in [-0.25, -0.2) is 52.9 Å². The maximum atomic E-state index is 15.8. The molecular formula is C103H104BCl2F2N17NaO19. The molecule has 145 heavy (non-hydrogen) atoms. The molecule has 6 fully saturated rings. The molecule has 18 rings (SSSR count). The number of aromatic nitrogens is 6. The van der Waals surface area contributed by atoms with E-state index in [1.165, 1.54) is 48.8 Å². The quantitative estimate of drug-likeness (QED) is 0.00773. The summed E-state index contributed by atoms with van der Waals surface area (Å²) in [6.45, 7) is 13.2. The number of piperidine rings is 3. The number of aldehydes is 1. The molecule has 42 heteroatoms. The number of ether oxygens (including phenoxy) is 4. The number of amides is 6. The van der Waals surface area contributed by atoms with Gasteiger partial charge in [0.05, 0.1) is 75.3 Å². The van der Waals surface area contributed by atoms with Gasteiger partial charge in [-0.3, -0.25) is 48.7 Å². The Balaban J connectivity index is 0.000000199. The number of halogens is 4. The summed E-state index contributed by atoms with van der Waals surface area (Å²) in [5.41, 5.74) is 6.10. The molecule has 4 aromatic heterocycles. The van der Waals surface area contributed by atoms with Crippen molar-refractivity contribution in [2.75, 3.05) is 143 Å². The first-order valence-electron chi connectivity index (χ1n) is 46.3. The molecule has 6 amide bonds. The van der Waals surface area contributed by atoms with E-state index >= 15 is 8.78 Å². The van der Waals surface area contributed by atoms with Crippen LogP contribution in [-0.4, -0.2) is 237 Å². The Morgan fingerprint density at radius 3 is 1.38 bits per heavy atom. The van der Waals surface area contributed by atoms with E-state index < -0.39 is 23.9 Å². The molecule has 10 heterocycles. The SMILES string of the molecule is CC(=O)OOC(C)=O.CC(=O)[O-].COc1ccc(C(=O)N2CCN(CCC3CCN(c4ccc(Nc5ncnc6[nH]cc(C(=O)c7ccc(Oc8ccccc8)cc7Cl)c56)cc4F)CC3)CC2)cc1N1CCC(=O)CC1=O.COc1ccc(C(=O)N2CCNCC2)cc1N1CCC(=O)NC1=O.O=CCC1CCN(c2ccc(Nc3ncnc4[nH]cc(C(=O)c5ccc(Oc6ccccc6)cc5Cl)c34)cc2F)CC1.[B].[Na+]. The van der Waals surface area contributed by atoms with Gasteiger partial charge in [0.25, 0.3) is 11.8 Å². The number of piperazine rings is 2. The maximum Gasteiger partial charge on any atom is 1.00 e. The van der Waals surface area contributed by atoms with Gasteiger partial charge in [-0.2, -0.15) is 0 Å². The van der Waals surface area contributed by atoms with Crippen LogP contribution in [0.2, 0.25) is 10.0 Å². The van der Waals surface area contributed by atoms with E-state index in [1.807, 2.05) is 76.5 Å². The van der Waals surface area contributed by atoms with Crippen molar-refractivity contribution in [3.8, 4) is 34.5 Å². The number of fused-ring (bicyclic) bond motifs is 2. The van der Waals surface area contributed by atoms with Gasteiger partial charge in [0.2, 0.25) is 11.8 Å². The molecule has 0 saturated carbocycles. The summed E-state index contributed by atoms with van der Waals surface area (Å²) >= 11 is 13.1. The van der Waals surface area contributed by atoms with Crippen LogP contribution in [0.3, 0.4) is 0 Å². The Kier molecular flexibility index (Phi) is 39.1. The van der Waals surface area contributed by atoms with Crippen molar-refractivity contribution < 1.29 is 130 Å². The fourth-order valence-corrected chi connectivity index (χ4v) is 17.7. The standard InChI is InChI=1S/C49H48ClFN8O6.C32H27ClFN5O3.C16H20N4O4.C4H6O4.C2H4O2.B.Na/c1-64-43-12-7-32(25-42(43)59-20-16-34(60)27-44(59)61)49(63)58-23-21-56(22-24-58)17-13-31-14-18-57(19-15-31)41-11-8-33(26-40(41)51)55-48-45-38(29-52-47(45)53-30-54-48)46(62)37-10-9-36(28-39(37)50)65-35-5-3-2-4-6-35;33-26-17-23(42-22-4-2-1-3-5-22)7-8-24(26)30(41)25-18-35-31-29(25)32(37-19-36-31)38-21-6-9-28(27(34)16-21)39-13-10-20(11-14-39)12-15-40;1-24-13-3-2-11(15(22)19-8-5-17-6-9-19)10-12(13)20-7-4-14(21)18-16(20)23;1-3(5)7-8-4(2)6;1-2(3)4;;/h2-12,25-26,28-31H,13-24,27H2,1H3,(H2,52,53,54,55);1-9,15-20H,10-14H2,(H2,35,36,37,38);2-3,10,17H,4-9H2,1H3,(H,18,21,23);1-2H3;1H3,(H,3,4);;/q;;;;;;+1/p-1. The van der Waals surface area contributed by atoms with E-state index in [9.17, 15) is 52.7 Å². The Morgan fingerprint density at radius 2 is 0.952 bits per heavy atom. The largest absolute Gasteiger partial charge is 1.00 e. The van der Waals surface area contributed by atoms with Crippen molar-refractivity contribution >= 4 is 171 Å². The Labute approximate surface area is 867 Å². The zero-order valence-corrected chi connectivity index (χ0v) is 84.0. The maximum absolute atomic E-state index is 15.8. The Bertz CT molecular complexity index is 6670. The number of benzene rings is 8. The van der Waals surface area contributed by atoms with Gasteiger partial charge >= 0.3 is 47.5 Å². The van der Waals surface area contributed by atoms with Gasteiger partial charge in [0, 0.05) is 197 Å².